The van der Waals surface area contributed by atoms with Crippen molar-refractivity contribution in [1.82, 2.24) is 15.1 Å². The van der Waals surface area contributed by atoms with Gasteiger partial charge in [-0.25, -0.2) is 9.78 Å². The Morgan fingerprint density at radius 2 is 1.89 bits per heavy atom. The van der Waals surface area contributed by atoms with Crippen LogP contribution in [-0.2, 0) is 35.4 Å². The number of ether oxygens (including phenoxy) is 1. The van der Waals surface area contributed by atoms with Gasteiger partial charge in [-0.3, -0.25) is 14.4 Å². The molecule has 5 fully saturated rings. The number of nitrogens with one attached hydrogen (secondary N) is 1. The van der Waals surface area contributed by atoms with E-state index in [1.54, 1.807) is 4.90 Å². The van der Waals surface area contributed by atoms with Gasteiger partial charge in [0.1, 0.15) is 13.3 Å². The molecule has 2 bridgehead atoms. The number of hydrogen-bond donors (Lipinski definition) is 2. The van der Waals surface area contributed by atoms with Crippen molar-refractivity contribution in [2.75, 3.05) is 19.8 Å². The average Bonchev–Trinajstić information content (AvgIpc) is 3.15. The van der Waals surface area contributed by atoms with Crippen molar-refractivity contribution >= 4 is 17.7 Å². The third-order valence-electron chi connectivity index (χ3n) is 9.11. The highest BCUT2D eigenvalue weighted by molar-refractivity contribution is 5.85. The molecule has 1 aromatic carbocycles. The molecule has 1 saturated carbocycles. The molecule has 10 nitrogen and oxygen atoms in total. The lowest BCUT2D eigenvalue weighted by Gasteiger charge is -2.61. The van der Waals surface area contributed by atoms with Crippen LogP contribution >= 0.6 is 0 Å². The van der Waals surface area contributed by atoms with E-state index in [4.69, 9.17) is 14.5 Å². The molecule has 4 heterocycles. The van der Waals surface area contributed by atoms with Crippen LogP contribution in [0.4, 0.5) is 0 Å². The van der Waals surface area contributed by atoms with E-state index in [0.29, 0.717) is 18.9 Å². The summed E-state index contributed by atoms with van der Waals surface area (Å²) in [6.07, 6.45) is 2.72. The molecule has 6 rings (SSSR count). The Morgan fingerprint density at radius 1 is 1.13 bits per heavy atom. The average molecular weight is 530 g/mol. The van der Waals surface area contributed by atoms with Crippen LogP contribution in [-0.4, -0.2) is 70.1 Å². The topological polar surface area (TPSA) is 118 Å². The quantitative estimate of drug-likeness (QED) is 0.392. The summed E-state index contributed by atoms with van der Waals surface area (Å²) >= 11 is 0. The Bertz CT molecular complexity index is 1050. The molecule has 10 heteroatoms. The number of carbonyl (C=O) groups is 3. The number of amides is 3. The molecule has 1 spiro atoms. The molecule has 0 aromatic heterocycles. The number of aliphatic hydroxyl groups is 1. The Balaban J connectivity index is 1.27. The fourth-order valence-electron chi connectivity index (χ4n) is 7.00. The number of hydrogen-bond acceptors (Lipinski definition) is 7. The molecule has 0 radical (unpaired) electrons. The van der Waals surface area contributed by atoms with Gasteiger partial charge in [0, 0.05) is 37.8 Å². The summed E-state index contributed by atoms with van der Waals surface area (Å²) in [4.78, 5) is 54.0. The van der Waals surface area contributed by atoms with Gasteiger partial charge in [0.15, 0.2) is 11.8 Å². The van der Waals surface area contributed by atoms with Crippen LogP contribution in [0.15, 0.2) is 30.3 Å². The van der Waals surface area contributed by atoms with E-state index in [1.165, 1.54) is 0 Å². The molecule has 5 aliphatic rings. The van der Waals surface area contributed by atoms with E-state index < -0.39 is 30.3 Å². The molecule has 208 valence electrons. The lowest BCUT2D eigenvalue weighted by atomic mass is 9.57. The Morgan fingerprint density at radius 3 is 2.63 bits per heavy atom. The minimum Gasteiger partial charge on any atom is -0.376 e. The van der Waals surface area contributed by atoms with Gasteiger partial charge in [0.25, 0.3) is 0 Å². The second-order valence-corrected chi connectivity index (χ2v) is 11.5. The molecule has 1 aromatic rings. The summed E-state index contributed by atoms with van der Waals surface area (Å²) in [6.45, 7) is 5.56. The number of carbonyl (C=O) groups excluding carboxylic acids is 3. The van der Waals surface area contributed by atoms with Crippen LogP contribution in [0.5, 0.6) is 0 Å². The number of nitrogens with zero attached hydrogens (tertiary/aromatic N) is 2. The minimum absolute atomic E-state index is 0.0296. The van der Waals surface area contributed by atoms with E-state index >= 15 is 0 Å². The number of fused-ring (bicyclic) bond motifs is 2. The van der Waals surface area contributed by atoms with Crippen molar-refractivity contribution in [3.63, 3.8) is 0 Å². The molecule has 7 atom stereocenters. The first-order valence-corrected chi connectivity index (χ1v) is 13.7. The highest BCUT2D eigenvalue weighted by atomic mass is 17.3. The summed E-state index contributed by atoms with van der Waals surface area (Å²) in [6, 6.07) is 9.45. The molecule has 38 heavy (non-hydrogen) atoms. The molecule has 4 saturated heterocycles. The maximum Gasteiger partial charge on any atom is 0.239 e. The van der Waals surface area contributed by atoms with Crippen molar-refractivity contribution in [2.24, 2.45) is 23.7 Å². The number of benzene rings is 1. The fraction of sp³-hybridized carbons (Fsp3) is 0.679. The zero-order valence-corrected chi connectivity index (χ0v) is 22.4. The first-order chi connectivity index (χ1) is 18.2. The van der Waals surface area contributed by atoms with Gasteiger partial charge >= 0.3 is 0 Å². The van der Waals surface area contributed by atoms with Crippen molar-refractivity contribution in [3.8, 4) is 0 Å². The van der Waals surface area contributed by atoms with Crippen molar-refractivity contribution in [3.05, 3.63) is 35.9 Å². The van der Waals surface area contributed by atoms with Gasteiger partial charge in [0.2, 0.25) is 23.5 Å². The molecular weight excluding hydrogens is 490 g/mol. The number of rotatable bonds is 8. The molecule has 2 N–H and O–H groups in total. The van der Waals surface area contributed by atoms with Gasteiger partial charge in [-0.15, -0.1) is 0 Å². The molecular formula is C28H39N3O7. The third-order valence-corrected chi connectivity index (χ3v) is 9.11. The van der Waals surface area contributed by atoms with Crippen LogP contribution in [0.2, 0.25) is 0 Å². The van der Waals surface area contributed by atoms with Gasteiger partial charge in [-0.1, -0.05) is 44.2 Å². The zero-order chi connectivity index (χ0) is 27.1. The Hall–Kier alpha value is -2.53. The van der Waals surface area contributed by atoms with Crippen LogP contribution in [0.1, 0.15) is 58.4 Å². The van der Waals surface area contributed by atoms with Gasteiger partial charge in [-0.2, -0.15) is 0 Å². The lowest BCUT2D eigenvalue weighted by Crippen LogP contribution is -2.75. The van der Waals surface area contributed by atoms with Crippen LogP contribution < -0.4 is 5.32 Å². The predicted octanol–water partition coefficient (Wildman–Crippen LogP) is 2.17. The first kappa shape index (κ1) is 27.1. The van der Waals surface area contributed by atoms with E-state index in [0.717, 1.165) is 29.7 Å². The van der Waals surface area contributed by atoms with E-state index in [1.807, 2.05) is 44.2 Å². The van der Waals surface area contributed by atoms with E-state index in [9.17, 15) is 19.5 Å². The third kappa shape index (κ3) is 4.72. The second kappa shape index (κ2) is 10.6. The molecule has 3 amide bonds. The summed E-state index contributed by atoms with van der Waals surface area (Å²) < 4.78 is 6.49. The number of aliphatic hydroxyl groups excluding tert-OH is 1. The summed E-state index contributed by atoms with van der Waals surface area (Å²) in [5.41, 5.74) is 0.156. The summed E-state index contributed by atoms with van der Waals surface area (Å²) in [5, 5.41) is 12.6. The molecule has 4 aliphatic heterocycles. The molecule has 3 unspecified atom stereocenters. The predicted molar refractivity (Wildman–Crippen MR) is 135 cm³/mol. The van der Waals surface area contributed by atoms with E-state index in [-0.39, 0.29) is 49.1 Å². The molecule has 1 aliphatic carbocycles. The largest absolute Gasteiger partial charge is 0.376 e. The van der Waals surface area contributed by atoms with Crippen LogP contribution in [0.3, 0.4) is 0 Å². The van der Waals surface area contributed by atoms with Crippen molar-refractivity contribution in [1.29, 1.82) is 0 Å². The van der Waals surface area contributed by atoms with Gasteiger partial charge in [-0.05, 0) is 43.6 Å². The van der Waals surface area contributed by atoms with Crippen LogP contribution in [0, 0.1) is 23.7 Å². The van der Waals surface area contributed by atoms with Gasteiger partial charge in [0.05, 0.1) is 0 Å². The normalized spacial score (nSPS) is 35.8. The maximum absolute atomic E-state index is 13.6. The Kier molecular flexibility index (Phi) is 7.52. The SMILES string of the molecule is C[C@H]1CCC2[C@@H](C)C(=O)N(CCC(=O)N(CO)CC(=O)NCc3ccccc3)C3O[C@]4(C)CCC1[C@@]23OO4. The highest BCUT2D eigenvalue weighted by Crippen LogP contribution is 2.60. The van der Waals surface area contributed by atoms with Crippen LogP contribution in [0.25, 0.3) is 0 Å². The summed E-state index contributed by atoms with van der Waals surface area (Å²) in [7, 11) is 0. The van der Waals surface area contributed by atoms with E-state index in [2.05, 4.69) is 12.2 Å². The Labute approximate surface area is 223 Å². The number of likely N-dealkylation sites (tertiary alicyclic amines) is 1. The summed E-state index contributed by atoms with van der Waals surface area (Å²) in [5.74, 6) is -1.59. The van der Waals surface area contributed by atoms with Gasteiger partial charge < -0.3 is 25.0 Å². The maximum atomic E-state index is 13.6. The zero-order valence-electron chi connectivity index (χ0n) is 22.4. The highest BCUT2D eigenvalue weighted by Gasteiger charge is 2.70. The fourth-order valence-corrected chi connectivity index (χ4v) is 7.00. The first-order valence-electron chi connectivity index (χ1n) is 13.7. The second-order valence-electron chi connectivity index (χ2n) is 11.5. The lowest BCUT2D eigenvalue weighted by molar-refractivity contribution is -0.547. The minimum atomic E-state index is -0.964. The van der Waals surface area contributed by atoms with Crippen molar-refractivity contribution < 1.29 is 34.0 Å². The monoisotopic (exact) mass is 529 g/mol. The standard InChI is InChI=1S/C28H39N3O7/c1-18-9-10-22-19(2)25(35)31(26-28(22)21(18)11-13-27(3,36-26)37-38-28)14-12-24(34)30(17-32)16-23(33)29-15-20-7-5-4-6-8-20/h4-8,18-19,21-22,26,32H,9-17H2,1-3H3,(H,29,33)/t18-,19+,21?,22?,26?,27-,28+/m0/s1. The smallest absolute Gasteiger partial charge is 0.239 e. The number of piperidine rings is 1. The van der Waals surface area contributed by atoms with Crippen molar-refractivity contribution in [2.45, 2.75) is 77.0 Å².